The number of hydrogen-bond acceptors (Lipinski definition) is 5. The van der Waals surface area contributed by atoms with Crippen molar-refractivity contribution < 1.29 is 9.59 Å². The molecular weight excluding hydrogens is 312 g/mol. The number of nitrogens with one attached hydrogen (secondary N) is 1. The van der Waals surface area contributed by atoms with Gasteiger partial charge in [-0.1, -0.05) is 0 Å². The Labute approximate surface area is 137 Å². The van der Waals surface area contributed by atoms with Crippen molar-refractivity contribution in [1.82, 2.24) is 24.9 Å². The van der Waals surface area contributed by atoms with Crippen molar-refractivity contribution in [3.8, 4) is 0 Å². The van der Waals surface area contributed by atoms with Crippen LogP contribution in [0.25, 0.3) is 0 Å². The zero-order valence-corrected chi connectivity index (χ0v) is 13.0. The molecule has 2 amide bonds. The molecule has 9 heteroatoms. The zero-order valence-electron chi connectivity index (χ0n) is 13.0. The van der Waals surface area contributed by atoms with E-state index in [-0.39, 0.29) is 29.6 Å². The predicted octanol–water partition coefficient (Wildman–Crippen LogP) is -0.528. The summed E-state index contributed by atoms with van der Waals surface area (Å²) in [7, 11) is 0. The van der Waals surface area contributed by atoms with Gasteiger partial charge in [-0.2, -0.15) is 10.2 Å². The summed E-state index contributed by atoms with van der Waals surface area (Å²) in [6, 6.07) is 4.58. The highest BCUT2D eigenvalue weighted by atomic mass is 16.2. The van der Waals surface area contributed by atoms with E-state index in [1.165, 1.54) is 12.3 Å². The Balaban J connectivity index is 1.58. The molecule has 3 rings (SSSR count). The van der Waals surface area contributed by atoms with Crippen molar-refractivity contribution in [1.29, 1.82) is 0 Å². The molecule has 1 aliphatic heterocycles. The monoisotopic (exact) mass is 330 g/mol. The number of primary amides is 1. The Kier molecular flexibility index (Phi) is 4.41. The number of likely N-dealkylation sites (tertiary alicyclic amines) is 1. The van der Waals surface area contributed by atoms with E-state index in [0.717, 1.165) is 23.2 Å². The van der Waals surface area contributed by atoms with Gasteiger partial charge in [0.2, 0.25) is 5.91 Å². The van der Waals surface area contributed by atoms with Crippen molar-refractivity contribution in [2.75, 3.05) is 13.1 Å². The maximum absolute atomic E-state index is 12.3. The maximum atomic E-state index is 12.3. The smallest absolute Gasteiger partial charge is 0.269 e. The van der Waals surface area contributed by atoms with Crippen LogP contribution >= 0.6 is 0 Å². The van der Waals surface area contributed by atoms with Gasteiger partial charge in [0.25, 0.3) is 11.5 Å². The lowest BCUT2D eigenvalue weighted by Crippen LogP contribution is -2.41. The number of aromatic nitrogens is 4. The van der Waals surface area contributed by atoms with Crippen molar-refractivity contribution in [3.63, 3.8) is 0 Å². The van der Waals surface area contributed by atoms with Crippen LogP contribution in [0.5, 0.6) is 0 Å². The highest BCUT2D eigenvalue weighted by Crippen LogP contribution is 2.27. The predicted molar refractivity (Wildman–Crippen MR) is 84.2 cm³/mol. The molecule has 2 aromatic rings. The lowest BCUT2D eigenvalue weighted by molar-refractivity contribution is -0.133. The first-order valence-electron chi connectivity index (χ1n) is 7.69. The fourth-order valence-corrected chi connectivity index (χ4v) is 2.85. The van der Waals surface area contributed by atoms with Crippen LogP contribution in [0.3, 0.4) is 0 Å². The molecule has 1 aliphatic rings. The molecule has 0 spiro atoms. The van der Waals surface area contributed by atoms with E-state index in [9.17, 15) is 14.4 Å². The van der Waals surface area contributed by atoms with Crippen molar-refractivity contribution in [3.05, 3.63) is 46.1 Å². The van der Waals surface area contributed by atoms with Gasteiger partial charge in [-0.15, -0.1) is 0 Å². The number of aromatic amines is 1. The number of rotatable bonds is 4. The van der Waals surface area contributed by atoms with E-state index >= 15 is 0 Å². The second-order valence-electron chi connectivity index (χ2n) is 5.75. The second-order valence-corrected chi connectivity index (χ2v) is 5.75. The summed E-state index contributed by atoms with van der Waals surface area (Å²) < 4.78 is 1.16. The maximum Gasteiger partial charge on any atom is 0.269 e. The Morgan fingerprint density at radius 1 is 1.33 bits per heavy atom. The largest absolute Gasteiger partial charge is 0.364 e. The SMILES string of the molecule is NC(=O)c1cc(C2CCN(C(=O)Cn3ncccc3=O)CC2)[nH]n1. The highest BCUT2D eigenvalue weighted by molar-refractivity contribution is 5.90. The van der Waals surface area contributed by atoms with E-state index in [0.29, 0.717) is 13.1 Å². The normalized spacial score (nSPS) is 15.4. The second kappa shape index (κ2) is 6.65. The molecule has 24 heavy (non-hydrogen) atoms. The summed E-state index contributed by atoms with van der Waals surface area (Å²) in [6.07, 6.45) is 2.99. The molecule has 0 aromatic carbocycles. The van der Waals surface area contributed by atoms with E-state index in [2.05, 4.69) is 15.3 Å². The minimum atomic E-state index is -0.564. The number of hydrogen-bond donors (Lipinski definition) is 2. The Morgan fingerprint density at radius 3 is 2.71 bits per heavy atom. The molecule has 3 heterocycles. The molecule has 0 aliphatic carbocycles. The summed E-state index contributed by atoms with van der Waals surface area (Å²) in [5.41, 5.74) is 5.98. The molecule has 0 saturated carbocycles. The molecule has 0 atom stereocenters. The van der Waals surface area contributed by atoms with Gasteiger partial charge in [-0.05, 0) is 25.0 Å². The average molecular weight is 330 g/mol. The van der Waals surface area contributed by atoms with Crippen LogP contribution in [0.2, 0.25) is 0 Å². The quantitative estimate of drug-likeness (QED) is 0.779. The van der Waals surface area contributed by atoms with Gasteiger partial charge in [0.1, 0.15) is 12.2 Å². The molecule has 1 saturated heterocycles. The van der Waals surface area contributed by atoms with Gasteiger partial charge in [-0.25, -0.2) is 4.68 Å². The Hall–Kier alpha value is -2.97. The number of nitrogens with two attached hydrogens (primary N) is 1. The van der Waals surface area contributed by atoms with Gasteiger partial charge >= 0.3 is 0 Å². The van der Waals surface area contributed by atoms with Crippen LogP contribution in [-0.2, 0) is 11.3 Å². The summed E-state index contributed by atoms with van der Waals surface area (Å²) in [6.45, 7) is 1.10. The Morgan fingerprint density at radius 2 is 2.08 bits per heavy atom. The minimum absolute atomic E-state index is 0.0553. The molecule has 0 radical (unpaired) electrons. The number of amides is 2. The summed E-state index contributed by atoms with van der Waals surface area (Å²) in [4.78, 5) is 36.7. The van der Waals surface area contributed by atoms with Gasteiger partial charge < -0.3 is 10.6 Å². The first-order valence-corrected chi connectivity index (χ1v) is 7.69. The first-order chi connectivity index (χ1) is 11.5. The lowest BCUT2D eigenvalue weighted by atomic mass is 9.93. The third-order valence-corrected chi connectivity index (χ3v) is 4.21. The fourth-order valence-electron chi connectivity index (χ4n) is 2.85. The summed E-state index contributed by atoms with van der Waals surface area (Å²) in [5.74, 6) is -0.491. The van der Waals surface area contributed by atoms with E-state index in [4.69, 9.17) is 5.73 Å². The zero-order chi connectivity index (χ0) is 17.1. The average Bonchev–Trinajstić information content (AvgIpc) is 3.07. The topological polar surface area (TPSA) is 127 Å². The first kappa shape index (κ1) is 15.9. The molecule has 1 fully saturated rings. The standard InChI is InChI=1S/C15H18N6O3/c16-15(24)12-8-11(18-19-12)10-3-6-20(7-4-10)14(23)9-21-13(22)2-1-5-17-21/h1-2,5,8,10H,3-4,6-7,9H2,(H2,16,24)(H,18,19). The number of carbonyl (C=O) groups excluding carboxylic acids is 2. The third-order valence-electron chi connectivity index (χ3n) is 4.21. The summed E-state index contributed by atoms with van der Waals surface area (Å²) in [5, 5.41) is 10.6. The van der Waals surface area contributed by atoms with Crippen molar-refractivity contribution in [2.45, 2.75) is 25.3 Å². The van der Waals surface area contributed by atoms with E-state index < -0.39 is 5.91 Å². The molecule has 126 valence electrons. The molecule has 0 unspecified atom stereocenters. The van der Waals surface area contributed by atoms with Crippen LogP contribution in [0.15, 0.2) is 29.2 Å². The van der Waals surface area contributed by atoms with Gasteiger partial charge in [-0.3, -0.25) is 19.5 Å². The number of H-pyrrole nitrogens is 1. The van der Waals surface area contributed by atoms with Crippen LogP contribution < -0.4 is 11.3 Å². The van der Waals surface area contributed by atoms with E-state index in [1.54, 1.807) is 17.0 Å². The summed E-state index contributed by atoms with van der Waals surface area (Å²) >= 11 is 0. The third kappa shape index (κ3) is 3.34. The van der Waals surface area contributed by atoms with Crippen molar-refractivity contribution in [2.24, 2.45) is 5.73 Å². The van der Waals surface area contributed by atoms with Gasteiger partial charge in [0, 0.05) is 37.0 Å². The number of piperidine rings is 1. The van der Waals surface area contributed by atoms with E-state index in [1.807, 2.05) is 0 Å². The molecule has 0 bridgehead atoms. The minimum Gasteiger partial charge on any atom is -0.364 e. The molecular formula is C15H18N6O3. The number of carbonyl (C=O) groups is 2. The lowest BCUT2D eigenvalue weighted by Gasteiger charge is -2.31. The van der Waals surface area contributed by atoms with Crippen LogP contribution in [0.1, 0.15) is 34.9 Å². The van der Waals surface area contributed by atoms with Gasteiger partial charge in [0.15, 0.2) is 0 Å². The van der Waals surface area contributed by atoms with Crippen LogP contribution in [0, 0.1) is 0 Å². The molecule has 9 nitrogen and oxygen atoms in total. The van der Waals surface area contributed by atoms with Crippen molar-refractivity contribution >= 4 is 11.8 Å². The fraction of sp³-hybridized carbons (Fsp3) is 0.400. The molecule has 2 aromatic heterocycles. The molecule has 3 N–H and O–H groups in total. The Bertz CT molecular complexity index is 803. The van der Waals surface area contributed by atoms with Gasteiger partial charge in [0.05, 0.1) is 0 Å². The van der Waals surface area contributed by atoms with Crippen LogP contribution in [-0.4, -0.2) is 49.8 Å². The van der Waals surface area contributed by atoms with Crippen LogP contribution in [0.4, 0.5) is 0 Å². The number of nitrogens with zero attached hydrogens (tertiary/aromatic N) is 4. The highest BCUT2D eigenvalue weighted by Gasteiger charge is 2.25.